The van der Waals surface area contributed by atoms with Crippen LogP contribution in [0.4, 0.5) is 0 Å². The molecule has 0 aromatic heterocycles. The van der Waals surface area contributed by atoms with Crippen LogP contribution in [-0.2, 0) is 6.42 Å². The second-order valence-corrected chi connectivity index (χ2v) is 7.19. The second kappa shape index (κ2) is 13.2. The van der Waals surface area contributed by atoms with Gasteiger partial charge in [-0.1, -0.05) is 19.1 Å². The van der Waals surface area contributed by atoms with Gasteiger partial charge >= 0.3 is 0 Å². The normalized spacial score (nSPS) is 17.1. The maximum Gasteiger partial charge on any atom is 0.190 e. The summed E-state index contributed by atoms with van der Waals surface area (Å²) in [6.45, 7) is 9.95. The Morgan fingerprint density at radius 1 is 1.15 bits per heavy atom. The summed E-state index contributed by atoms with van der Waals surface area (Å²) in [6, 6.07) is 8.22. The molecule has 0 radical (unpaired) electrons. The summed E-state index contributed by atoms with van der Waals surface area (Å²) in [7, 11) is 5.72. The van der Waals surface area contributed by atoms with Crippen LogP contribution in [0.5, 0.6) is 5.75 Å². The number of piperazine rings is 1. The third kappa shape index (κ3) is 9.12. The van der Waals surface area contributed by atoms with E-state index in [0.717, 1.165) is 37.8 Å². The molecule has 0 bridgehead atoms. The summed E-state index contributed by atoms with van der Waals surface area (Å²) in [5.74, 6) is 2.37. The van der Waals surface area contributed by atoms with Gasteiger partial charge in [-0.05, 0) is 37.1 Å². The number of likely N-dealkylation sites (N-methyl/N-ethyl adjacent to an activating group) is 1. The molecule has 154 valence electrons. The lowest BCUT2D eigenvalue weighted by atomic mass is 10.1. The summed E-state index contributed by atoms with van der Waals surface area (Å²) >= 11 is 0. The Balaban J connectivity index is 0.00000364. The highest BCUT2D eigenvalue weighted by atomic mass is 127. The number of nitrogens with one attached hydrogen (secondary N) is 2. The number of guanidine groups is 1. The van der Waals surface area contributed by atoms with Crippen molar-refractivity contribution in [1.82, 2.24) is 20.4 Å². The first-order valence-corrected chi connectivity index (χ1v) is 9.59. The van der Waals surface area contributed by atoms with Crippen molar-refractivity contribution in [3.63, 3.8) is 0 Å². The molecule has 27 heavy (non-hydrogen) atoms. The number of rotatable bonds is 8. The van der Waals surface area contributed by atoms with Gasteiger partial charge < -0.3 is 25.2 Å². The zero-order valence-electron chi connectivity index (χ0n) is 17.2. The van der Waals surface area contributed by atoms with Gasteiger partial charge in [0.25, 0.3) is 0 Å². The van der Waals surface area contributed by atoms with Crippen molar-refractivity contribution in [2.45, 2.75) is 13.3 Å². The van der Waals surface area contributed by atoms with Gasteiger partial charge in [0.2, 0.25) is 0 Å². The van der Waals surface area contributed by atoms with Gasteiger partial charge in [-0.3, -0.25) is 4.99 Å². The molecular formula is C20H36IN5O. The SMILES string of the molecule is CN=C(NCCc1ccc(OC)cc1)NCC(C)CN1CCN(C)CC1.I. The fraction of sp³-hybridized carbons (Fsp3) is 0.650. The number of halogens is 1. The quantitative estimate of drug-likeness (QED) is 0.332. The zero-order chi connectivity index (χ0) is 18.8. The number of methoxy groups -OCH3 is 1. The molecule has 6 nitrogen and oxygen atoms in total. The molecule has 1 fully saturated rings. The Morgan fingerprint density at radius 2 is 1.81 bits per heavy atom. The molecule has 1 heterocycles. The highest BCUT2D eigenvalue weighted by Gasteiger charge is 2.16. The molecular weight excluding hydrogens is 453 g/mol. The van der Waals surface area contributed by atoms with Crippen LogP contribution in [-0.4, -0.2) is 82.8 Å². The van der Waals surface area contributed by atoms with E-state index in [4.69, 9.17) is 4.74 Å². The number of benzene rings is 1. The number of ether oxygens (including phenoxy) is 1. The van der Waals surface area contributed by atoms with Gasteiger partial charge in [-0.15, -0.1) is 24.0 Å². The maximum absolute atomic E-state index is 5.19. The molecule has 2 N–H and O–H groups in total. The number of nitrogens with zero attached hydrogens (tertiary/aromatic N) is 3. The Bertz CT molecular complexity index is 544. The van der Waals surface area contributed by atoms with Crippen molar-refractivity contribution in [3.8, 4) is 5.75 Å². The van der Waals surface area contributed by atoms with Crippen LogP contribution in [0.25, 0.3) is 0 Å². The van der Waals surface area contributed by atoms with Crippen LogP contribution in [0, 0.1) is 5.92 Å². The molecule has 7 heteroatoms. The van der Waals surface area contributed by atoms with Crippen LogP contribution < -0.4 is 15.4 Å². The first kappa shape index (κ1) is 24.0. The van der Waals surface area contributed by atoms with Crippen LogP contribution in [0.1, 0.15) is 12.5 Å². The van der Waals surface area contributed by atoms with Crippen LogP contribution in [0.3, 0.4) is 0 Å². The number of hydrogen-bond donors (Lipinski definition) is 2. The minimum atomic E-state index is 0. The van der Waals surface area contributed by atoms with Crippen molar-refractivity contribution >= 4 is 29.9 Å². The highest BCUT2D eigenvalue weighted by Crippen LogP contribution is 2.11. The standard InChI is InChI=1S/C20H35N5O.HI/c1-17(16-25-13-11-24(3)12-14-25)15-23-20(21-2)22-10-9-18-5-7-19(26-4)8-6-18;/h5-8,17H,9-16H2,1-4H3,(H2,21,22,23);1H. The largest absolute Gasteiger partial charge is 0.497 e. The molecule has 2 rings (SSSR count). The van der Waals surface area contributed by atoms with E-state index in [9.17, 15) is 0 Å². The van der Waals surface area contributed by atoms with Crippen molar-refractivity contribution < 1.29 is 4.74 Å². The molecule has 1 aliphatic rings. The van der Waals surface area contributed by atoms with Gasteiger partial charge in [-0.2, -0.15) is 0 Å². The maximum atomic E-state index is 5.19. The lowest BCUT2D eigenvalue weighted by molar-refractivity contribution is 0.139. The van der Waals surface area contributed by atoms with Gasteiger partial charge in [0.05, 0.1) is 7.11 Å². The summed E-state index contributed by atoms with van der Waals surface area (Å²) in [4.78, 5) is 9.29. The second-order valence-electron chi connectivity index (χ2n) is 7.19. The van der Waals surface area contributed by atoms with E-state index in [-0.39, 0.29) is 24.0 Å². The third-order valence-electron chi connectivity index (χ3n) is 4.87. The predicted octanol–water partition coefficient (Wildman–Crippen LogP) is 1.90. The number of aliphatic imine (C=N–C) groups is 1. The van der Waals surface area contributed by atoms with Crippen LogP contribution >= 0.6 is 24.0 Å². The Morgan fingerprint density at radius 3 is 2.41 bits per heavy atom. The lowest BCUT2D eigenvalue weighted by Crippen LogP contribution is -2.47. The average Bonchev–Trinajstić information content (AvgIpc) is 2.67. The third-order valence-corrected chi connectivity index (χ3v) is 4.87. The van der Waals surface area contributed by atoms with Crippen molar-refractivity contribution in [2.24, 2.45) is 10.9 Å². The van der Waals surface area contributed by atoms with Gasteiger partial charge in [0.15, 0.2) is 5.96 Å². The van der Waals surface area contributed by atoms with Crippen LogP contribution in [0.2, 0.25) is 0 Å². The van der Waals surface area contributed by atoms with Crippen molar-refractivity contribution in [2.75, 3.05) is 67.0 Å². The minimum absolute atomic E-state index is 0. The Kier molecular flexibility index (Phi) is 11.7. The first-order valence-electron chi connectivity index (χ1n) is 9.59. The molecule has 0 spiro atoms. The zero-order valence-corrected chi connectivity index (χ0v) is 19.5. The molecule has 1 aliphatic heterocycles. The van der Waals surface area contributed by atoms with Gasteiger partial charge in [0.1, 0.15) is 5.75 Å². The minimum Gasteiger partial charge on any atom is -0.497 e. The summed E-state index contributed by atoms with van der Waals surface area (Å²) in [6.07, 6.45) is 0.960. The molecule has 0 saturated carbocycles. The smallest absolute Gasteiger partial charge is 0.190 e. The van der Waals surface area contributed by atoms with E-state index in [1.54, 1.807) is 7.11 Å². The topological polar surface area (TPSA) is 52.1 Å². The van der Waals surface area contributed by atoms with E-state index in [1.165, 1.54) is 31.7 Å². The van der Waals surface area contributed by atoms with E-state index in [1.807, 2.05) is 19.2 Å². The first-order chi connectivity index (χ1) is 12.6. The van der Waals surface area contributed by atoms with E-state index in [0.29, 0.717) is 5.92 Å². The van der Waals surface area contributed by atoms with Crippen molar-refractivity contribution in [3.05, 3.63) is 29.8 Å². The average molecular weight is 489 g/mol. The molecule has 1 saturated heterocycles. The fourth-order valence-corrected chi connectivity index (χ4v) is 3.14. The van der Waals surface area contributed by atoms with Crippen LogP contribution in [0.15, 0.2) is 29.3 Å². The van der Waals surface area contributed by atoms with E-state index < -0.39 is 0 Å². The monoisotopic (exact) mass is 489 g/mol. The van der Waals surface area contributed by atoms with Crippen molar-refractivity contribution in [1.29, 1.82) is 0 Å². The summed E-state index contributed by atoms with van der Waals surface area (Å²) < 4.78 is 5.19. The predicted molar refractivity (Wildman–Crippen MR) is 125 cm³/mol. The fourth-order valence-electron chi connectivity index (χ4n) is 3.14. The lowest BCUT2D eigenvalue weighted by Gasteiger charge is -2.34. The van der Waals surface area contributed by atoms with Gasteiger partial charge in [0, 0.05) is 52.9 Å². The molecule has 1 aromatic rings. The van der Waals surface area contributed by atoms with Gasteiger partial charge in [-0.25, -0.2) is 0 Å². The Labute approximate surface area is 181 Å². The molecule has 1 aromatic carbocycles. The molecule has 1 atom stereocenters. The highest BCUT2D eigenvalue weighted by molar-refractivity contribution is 14.0. The summed E-state index contributed by atoms with van der Waals surface area (Å²) in [5, 5.41) is 6.85. The Hall–Kier alpha value is -1.06. The molecule has 0 aliphatic carbocycles. The molecule has 0 amide bonds. The number of hydrogen-bond acceptors (Lipinski definition) is 4. The van der Waals surface area contributed by atoms with E-state index >= 15 is 0 Å². The summed E-state index contributed by atoms with van der Waals surface area (Å²) in [5.41, 5.74) is 1.29. The molecule has 1 unspecified atom stereocenters. The van der Waals surface area contributed by atoms with E-state index in [2.05, 4.69) is 51.5 Å².